The Balaban J connectivity index is 1.65. The molecular weight excluding hydrogens is 447 g/mol. The number of amides is 1. The fraction of sp³-hybridized carbons (Fsp3) is 0.250. The van der Waals surface area contributed by atoms with Crippen molar-refractivity contribution < 1.29 is 4.79 Å². The van der Waals surface area contributed by atoms with Crippen molar-refractivity contribution in [1.82, 2.24) is 14.5 Å². The van der Waals surface area contributed by atoms with Crippen molar-refractivity contribution in [3.05, 3.63) is 62.8 Å². The minimum atomic E-state index is -0.182. The molecule has 0 saturated carbocycles. The van der Waals surface area contributed by atoms with Crippen molar-refractivity contribution in [3.63, 3.8) is 0 Å². The summed E-state index contributed by atoms with van der Waals surface area (Å²) in [6.07, 6.45) is 7.14. The van der Waals surface area contributed by atoms with E-state index in [2.05, 4.69) is 24.0 Å². The van der Waals surface area contributed by atoms with Crippen molar-refractivity contribution >= 4 is 67.1 Å². The van der Waals surface area contributed by atoms with Gasteiger partial charge in [-0.2, -0.15) is 0 Å². The predicted octanol–water partition coefficient (Wildman–Crippen LogP) is 6.16. The number of aryl methyl sites for hydroxylation is 2. The first-order chi connectivity index (χ1) is 14.0. The summed E-state index contributed by atoms with van der Waals surface area (Å²) in [6.45, 7) is 3.39. The Morgan fingerprint density at radius 3 is 2.79 bits per heavy atom. The molecule has 0 fully saturated rings. The van der Waals surface area contributed by atoms with Crippen molar-refractivity contribution in [1.29, 1.82) is 0 Å². The zero-order valence-electron chi connectivity index (χ0n) is 15.6. The van der Waals surface area contributed by atoms with Crippen LogP contribution in [0.2, 0.25) is 8.67 Å². The maximum atomic E-state index is 13.3. The summed E-state index contributed by atoms with van der Waals surface area (Å²) in [5.74, 6) is -0.182. The molecule has 150 valence electrons. The van der Waals surface area contributed by atoms with Crippen LogP contribution < -0.4 is 4.90 Å². The van der Waals surface area contributed by atoms with Crippen molar-refractivity contribution in [2.75, 3.05) is 11.4 Å². The minimum absolute atomic E-state index is 0.182. The number of nitrogens with zero attached hydrogens (tertiary/aromatic N) is 4. The molecule has 3 aromatic heterocycles. The molecule has 0 saturated heterocycles. The van der Waals surface area contributed by atoms with Gasteiger partial charge in [0.05, 0.1) is 26.4 Å². The maximum Gasteiger partial charge on any atom is 0.262 e. The zero-order valence-corrected chi connectivity index (χ0v) is 18.8. The van der Waals surface area contributed by atoms with Gasteiger partial charge in [-0.3, -0.25) is 9.69 Å². The Hall–Kier alpha value is -1.93. The maximum absolute atomic E-state index is 13.3. The Labute approximate surface area is 186 Å². The van der Waals surface area contributed by atoms with Gasteiger partial charge in [-0.05, 0) is 36.6 Å². The van der Waals surface area contributed by atoms with E-state index in [-0.39, 0.29) is 5.91 Å². The van der Waals surface area contributed by atoms with E-state index in [1.54, 1.807) is 23.5 Å². The lowest BCUT2D eigenvalue weighted by molar-refractivity contribution is 0.0987. The Morgan fingerprint density at radius 1 is 1.24 bits per heavy atom. The van der Waals surface area contributed by atoms with E-state index in [1.807, 2.05) is 16.8 Å². The van der Waals surface area contributed by atoms with Gasteiger partial charge in [0, 0.05) is 25.5 Å². The number of anilines is 1. The topological polar surface area (TPSA) is 51.0 Å². The standard InChI is InChI=1S/C20H18Cl2N4OS2/c1-2-13-4-5-15-16(10-13)28-20(24-15)26(8-3-7-25-9-6-23-12-25)19(27)14-11-17(21)29-18(14)22/h4-6,9-12H,2-3,7-8H2,1H3. The largest absolute Gasteiger partial charge is 0.337 e. The van der Waals surface area contributed by atoms with Gasteiger partial charge in [0.2, 0.25) is 0 Å². The molecule has 0 aliphatic rings. The minimum Gasteiger partial charge on any atom is -0.337 e. The van der Waals surface area contributed by atoms with E-state index in [4.69, 9.17) is 28.2 Å². The summed E-state index contributed by atoms with van der Waals surface area (Å²) in [7, 11) is 0. The fourth-order valence-electron chi connectivity index (χ4n) is 3.04. The fourth-order valence-corrected chi connectivity index (χ4v) is 5.54. The number of imidazole rings is 1. The summed E-state index contributed by atoms with van der Waals surface area (Å²) in [5.41, 5.74) is 2.56. The number of hydrogen-bond acceptors (Lipinski definition) is 5. The summed E-state index contributed by atoms with van der Waals surface area (Å²) >= 11 is 15.0. The van der Waals surface area contributed by atoms with Crippen LogP contribution in [0.3, 0.4) is 0 Å². The third-order valence-electron chi connectivity index (χ3n) is 4.57. The molecule has 0 aliphatic carbocycles. The summed E-state index contributed by atoms with van der Waals surface area (Å²) in [5, 5.41) is 0.669. The van der Waals surface area contributed by atoms with Crippen molar-refractivity contribution in [2.24, 2.45) is 0 Å². The van der Waals surface area contributed by atoms with E-state index in [1.165, 1.54) is 28.2 Å². The molecule has 1 aromatic carbocycles. The highest BCUT2D eigenvalue weighted by Gasteiger charge is 2.24. The molecule has 0 N–H and O–H groups in total. The highest BCUT2D eigenvalue weighted by atomic mass is 35.5. The lowest BCUT2D eigenvalue weighted by atomic mass is 10.2. The molecule has 5 nitrogen and oxygen atoms in total. The quantitative estimate of drug-likeness (QED) is 0.329. The molecular formula is C20H18Cl2N4OS2. The Bertz CT molecular complexity index is 1140. The smallest absolute Gasteiger partial charge is 0.262 e. The van der Waals surface area contributed by atoms with Crippen LogP contribution in [0.25, 0.3) is 10.2 Å². The number of carbonyl (C=O) groups is 1. The Kier molecular flexibility index (Phi) is 6.20. The molecule has 0 bridgehead atoms. The molecule has 29 heavy (non-hydrogen) atoms. The van der Waals surface area contributed by atoms with Crippen LogP contribution >= 0.6 is 45.9 Å². The van der Waals surface area contributed by atoms with Crippen LogP contribution in [0.1, 0.15) is 29.3 Å². The number of thiophene rings is 1. The van der Waals surface area contributed by atoms with Gasteiger partial charge >= 0.3 is 0 Å². The summed E-state index contributed by atoms with van der Waals surface area (Å²) in [6, 6.07) is 7.85. The number of fused-ring (bicyclic) bond motifs is 1. The first-order valence-corrected chi connectivity index (χ1v) is 11.6. The normalized spacial score (nSPS) is 11.3. The molecule has 4 aromatic rings. The first kappa shape index (κ1) is 20.3. The monoisotopic (exact) mass is 464 g/mol. The van der Waals surface area contributed by atoms with Crippen LogP contribution in [0.5, 0.6) is 0 Å². The second-order valence-electron chi connectivity index (χ2n) is 6.50. The molecule has 4 rings (SSSR count). The van der Waals surface area contributed by atoms with Gasteiger partial charge in [-0.25, -0.2) is 9.97 Å². The highest BCUT2D eigenvalue weighted by Crippen LogP contribution is 2.35. The molecule has 0 unspecified atom stereocenters. The molecule has 9 heteroatoms. The SMILES string of the molecule is CCc1ccc2nc(N(CCCn3ccnc3)C(=O)c3cc(Cl)sc3Cl)sc2c1. The van der Waals surface area contributed by atoms with Gasteiger partial charge in [0.1, 0.15) is 4.34 Å². The number of benzene rings is 1. The molecule has 0 aliphatic heterocycles. The van der Waals surface area contributed by atoms with E-state index in [9.17, 15) is 4.79 Å². The average Bonchev–Trinajstić information content (AvgIpc) is 3.43. The van der Waals surface area contributed by atoms with Gasteiger partial charge in [0.25, 0.3) is 5.91 Å². The molecule has 3 heterocycles. The van der Waals surface area contributed by atoms with Crippen LogP contribution in [0.15, 0.2) is 43.0 Å². The van der Waals surface area contributed by atoms with E-state index >= 15 is 0 Å². The van der Waals surface area contributed by atoms with E-state index in [0.717, 1.165) is 29.6 Å². The number of halogens is 2. The number of carbonyl (C=O) groups excluding carboxylic acids is 1. The summed E-state index contributed by atoms with van der Waals surface area (Å²) < 4.78 is 3.95. The Morgan fingerprint density at radius 2 is 2.10 bits per heavy atom. The highest BCUT2D eigenvalue weighted by molar-refractivity contribution is 7.22. The van der Waals surface area contributed by atoms with Gasteiger partial charge in [-0.15, -0.1) is 11.3 Å². The number of thiazole rings is 1. The van der Waals surface area contributed by atoms with Crippen LogP contribution in [-0.2, 0) is 13.0 Å². The molecule has 0 spiro atoms. The van der Waals surface area contributed by atoms with Gasteiger partial charge in [0.15, 0.2) is 5.13 Å². The number of rotatable bonds is 7. The number of hydrogen-bond donors (Lipinski definition) is 0. The third-order valence-corrected chi connectivity index (χ3v) is 7.10. The van der Waals surface area contributed by atoms with Crippen LogP contribution in [0, 0.1) is 0 Å². The van der Waals surface area contributed by atoms with Crippen molar-refractivity contribution in [2.45, 2.75) is 26.3 Å². The molecule has 0 atom stereocenters. The van der Waals surface area contributed by atoms with E-state index in [0.29, 0.717) is 25.9 Å². The lowest BCUT2D eigenvalue weighted by Crippen LogP contribution is -2.32. The zero-order chi connectivity index (χ0) is 20.4. The van der Waals surface area contributed by atoms with E-state index < -0.39 is 0 Å². The lowest BCUT2D eigenvalue weighted by Gasteiger charge is -2.19. The van der Waals surface area contributed by atoms with Gasteiger partial charge < -0.3 is 4.57 Å². The average molecular weight is 465 g/mol. The summed E-state index contributed by atoms with van der Waals surface area (Å²) in [4.78, 5) is 23.8. The second kappa shape index (κ2) is 8.83. The van der Waals surface area contributed by atoms with Crippen LogP contribution in [0.4, 0.5) is 5.13 Å². The second-order valence-corrected chi connectivity index (χ2v) is 9.80. The molecule has 1 amide bonds. The van der Waals surface area contributed by atoms with Gasteiger partial charge in [-0.1, -0.05) is 47.5 Å². The third kappa shape index (κ3) is 4.48. The van der Waals surface area contributed by atoms with Crippen LogP contribution in [-0.4, -0.2) is 27.0 Å². The predicted molar refractivity (Wildman–Crippen MR) is 122 cm³/mol. The molecule has 0 radical (unpaired) electrons. The first-order valence-electron chi connectivity index (χ1n) is 9.17. The number of aromatic nitrogens is 3. The van der Waals surface area contributed by atoms with Crippen molar-refractivity contribution in [3.8, 4) is 0 Å².